The summed E-state index contributed by atoms with van der Waals surface area (Å²) >= 11 is 0. The second kappa shape index (κ2) is 9.60. The zero-order valence-electron chi connectivity index (χ0n) is 4.29. The van der Waals surface area contributed by atoms with Crippen molar-refractivity contribution in [3.05, 3.63) is 0 Å². The van der Waals surface area contributed by atoms with Gasteiger partial charge >= 0.3 is 63.1 Å². The summed E-state index contributed by atoms with van der Waals surface area (Å²) in [5.74, 6) is 0. The van der Waals surface area contributed by atoms with Crippen molar-refractivity contribution in [2.75, 3.05) is 0 Å². The van der Waals surface area contributed by atoms with Crippen molar-refractivity contribution >= 4 is 16.5 Å². The molecule has 0 heterocycles. The SMILES string of the molecule is O=[P+]([O-])O[P+](=O)[O-].[Fe+2].[Na+]. The molecular weight excluding hydrogens is 221 g/mol. The summed E-state index contributed by atoms with van der Waals surface area (Å²) < 4.78 is 21.6. The van der Waals surface area contributed by atoms with E-state index in [-0.39, 0.29) is 46.6 Å². The van der Waals surface area contributed by atoms with Crippen LogP contribution < -0.4 is 39.3 Å². The Balaban J connectivity index is -0.000000180. The van der Waals surface area contributed by atoms with Gasteiger partial charge in [-0.3, -0.25) is 0 Å². The van der Waals surface area contributed by atoms with Crippen LogP contribution in [0.4, 0.5) is 0 Å². The zero-order chi connectivity index (χ0) is 5.86. The molecular formula is FeNaO5P2+3. The van der Waals surface area contributed by atoms with E-state index in [1.807, 2.05) is 0 Å². The monoisotopic (exact) mass is 221 g/mol. The maximum atomic E-state index is 9.24. The molecule has 0 bridgehead atoms. The van der Waals surface area contributed by atoms with E-state index in [1.165, 1.54) is 0 Å². The van der Waals surface area contributed by atoms with E-state index in [4.69, 9.17) is 0 Å². The Labute approximate surface area is 85.8 Å². The molecule has 46 valence electrons. The summed E-state index contributed by atoms with van der Waals surface area (Å²) in [7, 11) is -6.47. The van der Waals surface area contributed by atoms with Crippen LogP contribution in [0.15, 0.2) is 0 Å². The smallest absolute Gasteiger partial charge is 0.563 e. The molecule has 9 heteroatoms. The van der Waals surface area contributed by atoms with Crippen molar-refractivity contribution in [1.29, 1.82) is 0 Å². The maximum Gasteiger partial charge on any atom is 2.00 e. The molecule has 0 saturated carbocycles. The van der Waals surface area contributed by atoms with Gasteiger partial charge in [-0.25, -0.2) is 0 Å². The van der Waals surface area contributed by atoms with Crippen molar-refractivity contribution < 1.29 is 69.9 Å². The summed E-state index contributed by atoms with van der Waals surface area (Å²) in [5.41, 5.74) is 0. The van der Waals surface area contributed by atoms with E-state index in [9.17, 15) is 18.9 Å². The van der Waals surface area contributed by atoms with E-state index in [0.717, 1.165) is 0 Å². The van der Waals surface area contributed by atoms with Gasteiger partial charge in [-0.05, 0) is 9.13 Å². The van der Waals surface area contributed by atoms with Gasteiger partial charge in [0.25, 0.3) is 0 Å². The van der Waals surface area contributed by atoms with Gasteiger partial charge in [-0.2, -0.15) is 0 Å². The Morgan fingerprint density at radius 3 is 1.33 bits per heavy atom. The average Bonchev–Trinajstić information content (AvgIpc) is 1.27. The fourth-order valence-electron chi connectivity index (χ4n) is 0.0544. The third kappa shape index (κ3) is 17.7. The number of hydrogen-bond donors (Lipinski definition) is 0. The van der Waals surface area contributed by atoms with E-state index in [1.54, 1.807) is 0 Å². The Hall–Kier alpha value is 1.60. The summed E-state index contributed by atoms with van der Waals surface area (Å²) in [6.45, 7) is 0. The van der Waals surface area contributed by atoms with Crippen LogP contribution in [-0.4, -0.2) is 0 Å². The Morgan fingerprint density at radius 1 is 1.11 bits per heavy atom. The van der Waals surface area contributed by atoms with Crippen molar-refractivity contribution in [1.82, 2.24) is 0 Å². The summed E-state index contributed by atoms with van der Waals surface area (Å²) in [6.07, 6.45) is 0. The summed E-state index contributed by atoms with van der Waals surface area (Å²) in [6, 6.07) is 0. The first kappa shape index (κ1) is 16.9. The molecule has 0 fully saturated rings. The molecule has 0 N–H and O–H groups in total. The van der Waals surface area contributed by atoms with Crippen LogP contribution in [0.5, 0.6) is 0 Å². The van der Waals surface area contributed by atoms with Gasteiger partial charge in [-0.1, -0.05) is 0 Å². The normalized spacial score (nSPS) is 10.4. The van der Waals surface area contributed by atoms with Crippen LogP contribution in [0.3, 0.4) is 0 Å². The first-order valence-corrected chi connectivity index (χ1v) is 3.29. The minimum atomic E-state index is -3.24. The van der Waals surface area contributed by atoms with Crippen LogP contribution in [0.25, 0.3) is 0 Å². The molecule has 0 saturated heterocycles. The minimum Gasteiger partial charge on any atom is -0.563 e. The van der Waals surface area contributed by atoms with Crippen LogP contribution in [0, 0.1) is 0 Å². The zero-order valence-corrected chi connectivity index (χ0v) is 9.18. The second-order valence-electron chi connectivity index (χ2n) is 0.529. The minimum absolute atomic E-state index is 0. The topological polar surface area (TPSA) is 89.5 Å². The van der Waals surface area contributed by atoms with Crippen LogP contribution in [0.1, 0.15) is 0 Å². The Kier molecular flexibility index (Phi) is 18.0. The standard InChI is InChI=1S/Fe.Na.O5P2/c;;1-6(2)5-7(3)4/q+2;+1;. The van der Waals surface area contributed by atoms with Crippen molar-refractivity contribution in [2.24, 2.45) is 0 Å². The van der Waals surface area contributed by atoms with Crippen LogP contribution >= 0.6 is 16.5 Å². The number of hydrogen-bond acceptors (Lipinski definition) is 5. The van der Waals surface area contributed by atoms with E-state index in [0.29, 0.717) is 0 Å². The first-order chi connectivity index (χ1) is 3.13. The third-order valence-corrected chi connectivity index (χ3v) is 1.20. The van der Waals surface area contributed by atoms with E-state index in [2.05, 4.69) is 4.31 Å². The maximum absolute atomic E-state index is 9.24. The van der Waals surface area contributed by atoms with Gasteiger partial charge in [0.1, 0.15) is 4.31 Å². The molecule has 0 aliphatic carbocycles. The van der Waals surface area contributed by atoms with Gasteiger partial charge in [0.15, 0.2) is 0 Å². The summed E-state index contributed by atoms with van der Waals surface area (Å²) in [5, 5.41) is 0. The molecule has 0 rings (SSSR count). The van der Waals surface area contributed by atoms with E-state index >= 15 is 0 Å². The van der Waals surface area contributed by atoms with E-state index < -0.39 is 16.5 Å². The average molecular weight is 221 g/mol. The van der Waals surface area contributed by atoms with Crippen molar-refractivity contribution in [2.45, 2.75) is 0 Å². The van der Waals surface area contributed by atoms with Crippen LogP contribution in [0.2, 0.25) is 0 Å². The van der Waals surface area contributed by atoms with Crippen molar-refractivity contribution in [3.8, 4) is 0 Å². The molecule has 5 nitrogen and oxygen atoms in total. The second-order valence-corrected chi connectivity index (χ2v) is 2.08. The fourth-order valence-corrected chi connectivity index (χ4v) is 0.490. The predicted octanol–water partition coefficient (Wildman–Crippen LogP) is -3.96. The van der Waals surface area contributed by atoms with Gasteiger partial charge in [-0.15, -0.1) is 0 Å². The molecule has 0 radical (unpaired) electrons. The molecule has 2 atom stereocenters. The molecule has 0 amide bonds. The van der Waals surface area contributed by atoms with Gasteiger partial charge < -0.3 is 9.79 Å². The molecule has 0 aromatic carbocycles. The molecule has 2 unspecified atom stereocenters. The Bertz CT molecular complexity index is 91.1. The third-order valence-electron chi connectivity index (χ3n) is 0.133. The quantitative estimate of drug-likeness (QED) is 0.350. The first-order valence-electron chi connectivity index (χ1n) is 1.10. The molecule has 9 heavy (non-hydrogen) atoms. The molecule has 0 aromatic rings. The number of rotatable bonds is 2. The molecule has 0 spiro atoms. The van der Waals surface area contributed by atoms with Gasteiger partial charge in [0.2, 0.25) is 0 Å². The molecule has 0 aromatic heterocycles. The van der Waals surface area contributed by atoms with Crippen molar-refractivity contribution in [3.63, 3.8) is 0 Å². The fraction of sp³-hybridized carbons (Fsp3) is 0. The largest absolute Gasteiger partial charge is 2.00 e. The molecule has 0 aliphatic heterocycles. The van der Waals surface area contributed by atoms with Crippen LogP contribution in [-0.2, 0) is 30.5 Å². The predicted molar refractivity (Wildman–Crippen MR) is 16.3 cm³/mol. The molecule has 0 aliphatic rings. The van der Waals surface area contributed by atoms with Gasteiger partial charge in [0.05, 0.1) is 0 Å². The van der Waals surface area contributed by atoms with Gasteiger partial charge in [0, 0.05) is 0 Å². The summed E-state index contributed by atoms with van der Waals surface area (Å²) in [4.78, 5) is 18.5. The Morgan fingerprint density at radius 2 is 1.33 bits per heavy atom.